The van der Waals surface area contributed by atoms with Gasteiger partial charge in [-0.05, 0) is 6.07 Å². The molecule has 8 heteroatoms. The van der Waals surface area contributed by atoms with Gasteiger partial charge in [0.25, 0.3) is 0 Å². The quantitative estimate of drug-likeness (QED) is 0.678. The van der Waals surface area contributed by atoms with Crippen LogP contribution >= 0.6 is 0 Å². The monoisotopic (exact) mass is 221 g/mol. The molecule has 1 aromatic heterocycles. The zero-order valence-corrected chi connectivity index (χ0v) is 7.62. The van der Waals surface area contributed by atoms with Crippen molar-refractivity contribution < 1.29 is 28.0 Å². The maximum atomic E-state index is 12.4. The third-order valence-corrected chi connectivity index (χ3v) is 1.67. The number of pyridine rings is 1. The summed E-state index contributed by atoms with van der Waals surface area (Å²) >= 11 is 0. The Morgan fingerprint density at radius 1 is 1.40 bits per heavy atom. The summed E-state index contributed by atoms with van der Waals surface area (Å²) in [6.45, 7) is 0. The van der Waals surface area contributed by atoms with Gasteiger partial charge in [-0.3, -0.25) is 0 Å². The SMILES string of the molecule is COc1ncc(B(O)O)cc1C(F)(F)F. The van der Waals surface area contributed by atoms with Gasteiger partial charge < -0.3 is 14.8 Å². The maximum absolute atomic E-state index is 12.4. The van der Waals surface area contributed by atoms with Crippen molar-refractivity contribution in [3.8, 4) is 5.88 Å². The van der Waals surface area contributed by atoms with Crippen molar-refractivity contribution in [1.82, 2.24) is 4.98 Å². The molecule has 0 aliphatic heterocycles. The average molecular weight is 221 g/mol. The molecule has 0 unspecified atom stereocenters. The minimum atomic E-state index is -4.65. The number of aromatic nitrogens is 1. The molecule has 0 aromatic carbocycles. The summed E-state index contributed by atoms with van der Waals surface area (Å²) in [6.07, 6.45) is -3.75. The second-order valence-electron chi connectivity index (χ2n) is 2.70. The largest absolute Gasteiger partial charge is 0.490 e. The number of nitrogens with zero attached hydrogens (tertiary/aromatic N) is 1. The van der Waals surface area contributed by atoms with E-state index in [1.807, 2.05) is 0 Å². The van der Waals surface area contributed by atoms with E-state index in [-0.39, 0.29) is 5.46 Å². The highest BCUT2D eigenvalue weighted by molar-refractivity contribution is 6.58. The van der Waals surface area contributed by atoms with Crippen molar-refractivity contribution >= 4 is 12.6 Å². The van der Waals surface area contributed by atoms with E-state index in [4.69, 9.17) is 10.0 Å². The third-order valence-electron chi connectivity index (χ3n) is 1.67. The highest BCUT2D eigenvalue weighted by atomic mass is 19.4. The van der Waals surface area contributed by atoms with E-state index < -0.39 is 24.7 Å². The van der Waals surface area contributed by atoms with Crippen LogP contribution < -0.4 is 10.2 Å². The lowest BCUT2D eigenvalue weighted by molar-refractivity contribution is -0.139. The van der Waals surface area contributed by atoms with Gasteiger partial charge in [0.05, 0.1) is 7.11 Å². The Hall–Kier alpha value is -1.28. The number of methoxy groups -OCH3 is 1. The molecule has 0 radical (unpaired) electrons. The number of rotatable bonds is 2. The number of halogens is 3. The molecule has 0 spiro atoms. The summed E-state index contributed by atoms with van der Waals surface area (Å²) in [4.78, 5) is 3.32. The van der Waals surface area contributed by atoms with Gasteiger partial charge in [-0.25, -0.2) is 4.98 Å². The van der Waals surface area contributed by atoms with E-state index in [0.717, 1.165) is 13.3 Å². The van der Waals surface area contributed by atoms with Crippen molar-refractivity contribution in [1.29, 1.82) is 0 Å². The van der Waals surface area contributed by atoms with Crippen molar-refractivity contribution in [3.05, 3.63) is 17.8 Å². The fourth-order valence-corrected chi connectivity index (χ4v) is 0.975. The molecular weight excluding hydrogens is 214 g/mol. The van der Waals surface area contributed by atoms with Crippen LogP contribution in [0.4, 0.5) is 13.2 Å². The van der Waals surface area contributed by atoms with Crippen LogP contribution in [0.15, 0.2) is 12.3 Å². The Kier molecular flexibility index (Phi) is 3.20. The lowest BCUT2D eigenvalue weighted by atomic mass is 9.81. The van der Waals surface area contributed by atoms with E-state index in [0.29, 0.717) is 6.07 Å². The van der Waals surface area contributed by atoms with Gasteiger partial charge in [0.15, 0.2) is 0 Å². The molecule has 1 aromatic rings. The molecule has 0 aliphatic carbocycles. The fourth-order valence-electron chi connectivity index (χ4n) is 0.975. The molecular formula is C7H7BF3NO3. The van der Waals surface area contributed by atoms with Crippen molar-refractivity contribution in [2.75, 3.05) is 7.11 Å². The predicted molar refractivity (Wildman–Crippen MR) is 45.6 cm³/mol. The summed E-state index contributed by atoms with van der Waals surface area (Å²) < 4.78 is 41.6. The molecule has 0 amide bonds. The van der Waals surface area contributed by atoms with E-state index in [9.17, 15) is 13.2 Å². The molecule has 15 heavy (non-hydrogen) atoms. The van der Waals surface area contributed by atoms with Crippen LogP contribution in [0.3, 0.4) is 0 Å². The standard InChI is InChI=1S/C7H7BF3NO3/c1-15-6-5(7(9,10)11)2-4(3-12-6)8(13)14/h2-3,13-14H,1H3. The topological polar surface area (TPSA) is 62.6 Å². The summed E-state index contributed by atoms with van der Waals surface area (Å²) in [5, 5.41) is 17.4. The number of hydrogen-bond acceptors (Lipinski definition) is 4. The second-order valence-corrected chi connectivity index (χ2v) is 2.70. The number of ether oxygens (including phenoxy) is 1. The van der Waals surface area contributed by atoms with Gasteiger partial charge in [-0.15, -0.1) is 0 Å². The van der Waals surface area contributed by atoms with Gasteiger partial charge in [0.1, 0.15) is 5.56 Å². The lowest BCUT2D eigenvalue weighted by Crippen LogP contribution is -2.31. The summed E-state index contributed by atoms with van der Waals surface area (Å²) in [5.41, 5.74) is -1.49. The molecule has 1 heterocycles. The zero-order chi connectivity index (χ0) is 11.6. The highest BCUT2D eigenvalue weighted by Crippen LogP contribution is 2.33. The van der Waals surface area contributed by atoms with Crippen LogP contribution in [0.25, 0.3) is 0 Å². The first kappa shape index (κ1) is 11.8. The van der Waals surface area contributed by atoms with Crippen molar-refractivity contribution in [2.24, 2.45) is 0 Å². The Balaban J connectivity index is 3.26. The molecule has 2 N–H and O–H groups in total. The Bertz CT molecular complexity index is 356. The molecule has 4 nitrogen and oxygen atoms in total. The molecule has 0 atom stereocenters. The molecule has 0 saturated heterocycles. The van der Waals surface area contributed by atoms with Gasteiger partial charge in [-0.2, -0.15) is 13.2 Å². The molecule has 0 aliphatic rings. The van der Waals surface area contributed by atoms with Crippen molar-refractivity contribution in [2.45, 2.75) is 6.18 Å². The molecule has 0 saturated carbocycles. The smallest absolute Gasteiger partial charge is 0.481 e. The van der Waals surface area contributed by atoms with Gasteiger partial charge in [-0.1, -0.05) is 0 Å². The zero-order valence-electron chi connectivity index (χ0n) is 7.62. The summed E-state index contributed by atoms with van der Waals surface area (Å²) in [7, 11) is -0.948. The first-order valence-electron chi connectivity index (χ1n) is 3.83. The first-order valence-corrected chi connectivity index (χ1v) is 3.83. The van der Waals surface area contributed by atoms with Crippen LogP contribution in [-0.2, 0) is 6.18 Å². The average Bonchev–Trinajstić information content (AvgIpc) is 2.15. The Labute approximate surface area is 83.5 Å². The summed E-state index contributed by atoms with van der Waals surface area (Å²) in [5.74, 6) is -0.605. The Morgan fingerprint density at radius 3 is 2.40 bits per heavy atom. The van der Waals surface area contributed by atoms with E-state index >= 15 is 0 Å². The van der Waals surface area contributed by atoms with E-state index in [1.54, 1.807) is 0 Å². The number of hydrogen-bond donors (Lipinski definition) is 2. The van der Waals surface area contributed by atoms with E-state index in [2.05, 4.69) is 9.72 Å². The molecule has 1 rings (SSSR count). The minimum absolute atomic E-state index is 0.344. The molecule has 82 valence electrons. The second kappa shape index (κ2) is 4.07. The molecule has 0 fully saturated rings. The minimum Gasteiger partial charge on any atom is -0.481 e. The Morgan fingerprint density at radius 2 is 2.00 bits per heavy atom. The third kappa shape index (κ3) is 2.60. The number of alkyl halides is 3. The predicted octanol–water partition coefficient (Wildman–Crippen LogP) is -0.211. The highest BCUT2D eigenvalue weighted by Gasteiger charge is 2.36. The van der Waals surface area contributed by atoms with Gasteiger partial charge in [0, 0.05) is 11.7 Å². The van der Waals surface area contributed by atoms with Crippen LogP contribution in [0.5, 0.6) is 5.88 Å². The van der Waals surface area contributed by atoms with Crippen molar-refractivity contribution in [3.63, 3.8) is 0 Å². The van der Waals surface area contributed by atoms with Crippen LogP contribution in [-0.4, -0.2) is 29.3 Å². The van der Waals surface area contributed by atoms with Gasteiger partial charge in [0.2, 0.25) is 5.88 Å². The van der Waals surface area contributed by atoms with E-state index in [1.165, 1.54) is 0 Å². The maximum Gasteiger partial charge on any atom is 0.490 e. The first-order chi connectivity index (χ1) is 6.86. The van der Waals surface area contributed by atoms with Crippen LogP contribution in [0.1, 0.15) is 5.56 Å². The van der Waals surface area contributed by atoms with Crippen LogP contribution in [0.2, 0.25) is 0 Å². The van der Waals surface area contributed by atoms with Gasteiger partial charge >= 0.3 is 13.3 Å². The lowest BCUT2D eigenvalue weighted by Gasteiger charge is -2.11. The molecule has 0 bridgehead atoms. The van der Waals surface area contributed by atoms with Crippen LogP contribution in [0, 0.1) is 0 Å². The summed E-state index contributed by atoms with van der Waals surface area (Å²) in [6, 6.07) is 0.580. The normalized spacial score (nSPS) is 11.3. The fraction of sp³-hybridized carbons (Fsp3) is 0.286.